The Balaban J connectivity index is 1.53. The average Bonchev–Trinajstić information content (AvgIpc) is 3.03. The lowest BCUT2D eigenvalue weighted by atomic mass is 9.86. The molecular weight excluding hydrogens is 390 g/mol. The fraction of sp³-hybridized carbons (Fsp3) is 0.400. The third-order valence-electron chi connectivity index (χ3n) is 5.57. The van der Waals surface area contributed by atoms with E-state index in [9.17, 15) is 14.4 Å². The normalized spacial score (nSPS) is 14.7. The van der Waals surface area contributed by atoms with E-state index in [0.717, 1.165) is 0 Å². The van der Waals surface area contributed by atoms with Crippen LogP contribution in [0.2, 0.25) is 0 Å². The first-order chi connectivity index (χ1) is 14.8. The Morgan fingerprint density at radius 1 is 0.806 bits per heavy atom. The number of rotatable bonds is 4. The van der Waals surface area contributed by atoms with Crippen LogP contribution >= 0.6 is 0 Å². The van der Waals surface area contributed by atoms with Gasteiger partial charge in [0.15, 0.2) is 0 Å². The smallest absolute Gasteiger partial charge is 0.253 e. The third-order valence-corrected chi connectivity index (χ3v) is 5.57. The van der Waals surface area contributed by atoms with Crippen LogP contribution in [-0.2, 0) is 10.2 Å². The van der Waals surface area contributed by atoms with E-state index < -0.39 is 0 Å². The van der Waals surface area contributed by atoms with Crippen LogP contribution in [0.3, 0.4) is 0 Å². The van der Waals surface area contributed by atoms with E-state index in [2.05, 4.69) is 26.1 Å². The monoisotopic (exact) mass is 421 g/mol. The van der Waals surface area contributed by atoms with Crippen molar-refractivity contribution < 1.29 is 14.4 Å². The van der Waals surface area contributed by atoms with Gasteiger partial charge < -0.3 is 15.1 Å². The van der Waals surface area contributed by atoms with E-state index in [-0.39, 0.29) is 29.7 Å². The Bertz CT molecular complexity index is 917. The van der Waals surface area contributed by atoms with Gasteiger partial charge in [-0.1, -0.05) is 51.1 Å². The molecule has 31 heavy (non-hydrogen) atoms. The largest absolute Gasteiger partial charge is 0.343 e. The molecule has 0 spiro atoms. The number of hydrogen-bond acceptors (Lipinski definition) is 3. The first-order valence-corrected chi connectivity index (χ1v) is 10.8. The molecule has 2 aromatic carbocycles. The van der Waals surface area contributed by atoms with E-state index in [1.165, 1.54) is 5.56 Å². The Morgan fingerprint density at radius 2 is 1.42 bits per heavy atom. The number of benzene rings is 2. The van der Waals surface area contributed by atoms with Crippen LogP contribution in [0.5, 0.6) is 0 Å². The van der Waals surface area contributed by atoms with Gasteiger partial charge in [0.1, 0.15) is 0 Å². The van der Waals surface area contributed by atoms with Crippen molar-refractivity contribution in [1.29, 1.82) is 0 Å². The number of nitrogens with one attached hydrogen (secondary N) is 1. The van der Waals surface area contributed by atoms with E-state index >= 15 is 0 Å². The minimum atomic E-state index is -0.265. The molecule has 0 saturated carbocycles. The Hall–Kier alpha value is -3.15. The summed E-state index contributed by atoms with van der Waals surface area (Å²) in [6, 6.07) is 16.6. The van der Waals surface area contributed by atoms with Crippen molar-refractivity contribution in [3.63, 3.8) is 0 Å². The Morgan fingerprint density at radius 3 is 2.06 bits per heavy atom. The van der Waals surface area contributed by atoms with Crippen molar-refractivity contribution in [2.45, 2.75) is 32.6 Å². The van der Waals surface area contributed by atoms with Gasteiger partial charge in [0.2, 0.25) is 5.91 Å². The van der Waals surface area contributed by atoms with Gasteiger partial charge in [-0.05, 0) is 41.7 Å². The highest BCUT2D eigenvalue weighted by atomic mass is 16.2. The van der Waals surface area contributed by atoms with Crippen molar-refractivity contribution in [3.8, 4) is 0 Å². The lowest BCUT2D eigenvalue weighted by Crippen LogP contribution is -2.42. The second-order valence-corrected chi connectivity index (χ2v) is 8.90. The molecular formula is C25H31N3O3. The summed E-state index contributed by atoms with van der Waals surface area (Å²) in [4.78, 5) is 41.2. The summed E-state index contributed by atoms with van der Waals surface area (Å²) >= 11 is 0. The Labute approximate surface area is 184 Å². The molecule has 6 heteroatoms. The first-order valence-electron chi connectivity index (χ1n) is 10.8. The van der Waals surface area contributed by atoms with Crippen LogP contribution in [0.15, 0.2) is 54.6 Å². The number of carbonyl (C=O) groups is 3. The van der Waals surface area contributed by atoms with Gasteiger partial charge in [-0.25, -0.2) is 0 Å². The van der Waals surface area contributed by atoms with Crippen LogP contribution in [0, 0.1) is 0 Å². The number of amides is 3. The van der Waals surface area contributed by atoms with E-state index in [4.69, 9.17) is 0 Å². The van der Waals surface area contributed by atoms with Gasteiger partial charge in [0.25, 0.3) is 11.8 Å². The molecule has 1 aliphatic heterocycles. The SMILES string of the molecule is CC(C)(C)c1ccc(C(=O)N2CCCN(C(=O)CNC(=O)c3ccccc3)CC2)cc1. The summed E-state index contributed by atoms with van der Waals surface area (Å²) < 4.78 is 0. The molecule has 0 aromatic heterocycles. The molecule has 3 amide bonds. The standard InChI is InChI=1S/C25H31N3O3/c1-25(2,3)21-12-10-20(11-13-21)24(31)28-15-7-14-27(16-17-28)22(29)18-26-23(30)19-8-5-4-6-9-19/h4-6,8-13H,7,14-18H2,1-3H3,(H,26,30). The number of carbonyl (C=O) groups excluding carboxylic acids is 3. The Kier molecular flexibility index (Phi) is 7.10. The third kappa shape index (κ3) is 5.94. The van der Waals surface area contributed by atoms with Gasteiger partial charge in [0, 0.05) is 37.3 Å². The van der Waals surface area contributed by atoms with Crippen molar-refractivity contribution >= 4 is 17.7 Å². The maximum absolute atomic E-state index is 12.9. The van der Waals surface area contributed by atoms with Crippen LogP contribution in [0.25, 0.3) is 0 Å². The summed E-state index contributed by atoms with van der Waals surface area (Å²) in [5, 5.41) is 2.68. The summed E-state index contributed by atoms with van der Waals surface area (Å²) in [7, 11) is 0. The number of hydrogen-bond donors (Lipinski definition) is 1. The van der Waals surface area contributed by atoms with Gasteiger partial charge >= 0.3 is 0 Å². The molecule has 3 rings (SSSR count). The molecule has 0 unspecified atom stereocenters. The molecule has 1 heterocycles. The molecule has 0 atom stereocenters. The van der Waals surface area contributed by atoms with Gasteiger partial charge in [-0.2, -0.15) is 0 Å². The molecule has 0 radical (unpaired) electrons. The highest BCUT2D eigenvalue weighted by Crippen LogP contribution is 2.22. The average molecular weight is 422 g/mol. The fourth-order valence-electron chi connectivity index (χ4n) is 3.62. The maximum Gasteiger partial charge on any atom is 0.253 e. The van der Waals surface area contributed by atoms with E-state index in [1.54, 1.807) is 29.2 Å². The quantitative estimate of drug-likeness (QED) is 0.825. The van der Waals surface area contributed by atoms with Gasteiger partial charge in [0.05, 0.1) is 6.54 Å². The zero-order valence-corrected chi connectivity index (χ0v) is 18.6. The summed E-state index contributed by atoms with van der Waals surface area (Å²) in [5.74, 6) is -0.403. The second-order valence-electron chi connectivity index (χ2n) is 8.90. The van der Waals surface area contributed by atoms with Crippen molar-refractivity contribution in [2.75, 3.05) is 32.7 Å². The minimum Gasteiger partial charge on any atom is -0.343 e. The molecule has 0 aliphatic carbocycles. The zero-order valence-electron chi connectivity index (χ0n) is 18.6. The molecule has 164 valence electrons. The first kappa shape index (κ1) is 22.5. The molecule has 6 nitrogen and oxygen atoms in total. The van der Waals surface area contributed by atoms with Gasteiger partial charge in [-0.15, -0.1) is 0 Å². The predicted octanol–water partition coefficient (Wildman–Crippen LogP) is 3.09. The van der Waals surface area contributed by atoms with Crippen molar-refractivity contribution in [3.05, 3.63) is 71.3 Å². The summed E-state index contributed by atoms with van der Waals surface area (Å²) in [6.07, 6.45) is 0.712. The summed E-state index contributed by atoms with van der Waals surface area (Å²) in [5.41, 5.74) is 2.43. The highest BCUT2D eigenvalue weighted by molar-refractivity contribution is 5.96. The maximum atomic E-state index is 12.9. The summed E-state index contributed by atoms with van der Waals surface area (Å²) in [6.45, 7) is 8.53. The highest BCUT2D eigenvalue weighted by Gasteiger charge is 2.23. The van der Waals surface area contributed by atoms with Crippen molar-refractivity contribution in [1.82, 2.24) is 15.1 Å². The molecule has 2 aromatic rings. The lowest BCUT2D eigenvalue weighted by molar-refractivity contribution is -0.129. The molecule has 1 N–H and O–H groups in total. The minimum absolute atomic E-state index is 0.00728. The molecule has 1 aliphatic rings. The molecule has 0 bridgehead atoms. The van der Waals surface area contributed by atoms with Crippen molar-refractivity contribution in [2.24, 2.45) is 0 Å². The number of nitrogens with zero attached hydrogens (tertiary/aromatic N) is 2. The predicted molar refractivity (Wildman–Crippen MR) is 121 cm³/mol. The van der Waals surface area contributed by atoms with Crippen LogP contribution in [-0.4, -0.2) is 60.2 Å². The topological polar surface area (TPSA) is 69.7 Å². The lowest BCUT2D eigenvalue weighted by Gasteiger charge is -2.23. The molecule has 1 saturated heterocycles. The van der Waals surface area contributed by atoms with Crippen LogP contribution < -0.4 is 5.32 Å². The molecule has 1 fully saturated rings. The van der Waals surface area contributed by atoms with E-state index in [0.29, 0.717) is 43.7 Å². The van der Waals surface area contributed by atoms with Gasteiger partial charge in [-0.3, -0.25) is 14.4 Å². The van der Waals surface area contributed by atoms with Crippen LogP contribution in [0.4, 0.5) is 0 Å². The zero-order chi connectivity index (χ0) is 22.4. The van der Waals surface area contributed by atoms with E-state index in [1.807, 2.05) is 35.2 Å². The van der Waals surface area contributed by atoms with Crippen LogP contribution in [0.1, 0.15) is 53.5 Å². The fourth-order valence-corrected chi connectivity index (χ4v) is 3.62. The second kappa shape index (κ2) is 9.77.